The summed E-state index contributed by atoms with van der Waals surface area (Å²) < 4.78 is 5.36. The van der Waals surface area contributed by atoms with Crippen LogP contribution in [0.2, 0.25) is 0 Å². The van der Waals surface area contributed by atoms with Gasteiger partial charge in [-0.1, -0.05) is 13.8 Å². The van der Waals surface area contributed by atoms with Crippen LogP contribution in [-0.2, 0) is 4.74 Å². The molecule has 1 aromatic rings. The van der Waals surface area contributed by atoms with Gasteiger partial charge < -0.3 is 9.64 Å². The summed E-state index contributed by atoms with van der Waals surface area (Å²) in [6.45, 7) is 10.0. The highest BCUT2D eigenvalue weighted by molar-refractivity contribution is 5.43. The Balaban J connectivity index is 2.25. The number of pyridine rings is 1. The molecule has 16 heavy (non-hydrogen) atoms. The molecule has 0 saturated carbocycles. The molecule has 0 atom stereocenters. The summed E-state index contributed by atoms with van der Waals surface area (Å²) in [4.78, 5) is 6.92. The second-order valence-electron chi connectivity index (χ2n) is 4.65. The molecule has 1 aromatic heterocycles. The average molecular weight is 220 g/mol. The molecule has 1 fully saturated rings. The summed E-state index contributed by atoms with van der Waals surface area (Å²) in [5.74, 6) is 1.66. The summed E-state index contributed by atoms with van der Waals surface area (Å²) in [7, 11) is 0. The molecule has 0 N–H and O–H groups in total. The quantitative estimate of drug-likeness (QED) is 0.765. The van der Waals surface area contributed by atoms with E-state index in [1.807, 2.05) is 0 Å². The molecule has 0 aromatic carbocycles. The van der Waals surface area contributed by atoms with Crippen molar-refractivity contribution in [2.24, 2.45) is 0 Å². The molecular weight excluding hydrogens is 200 g/mol. The van der Waals surface area contributed by atoms with Gasteiger partial charge in [0.05, 0.1) is 13.2 Å². The van der Waals surface area contributed by atoms with Crippen LogP contribution >= 0.6 is 0 Å². The Morgan fingerprint density at radius 3 is 2.56 bits per heavy atom. The fourth-order valence-corrected chi connectivity index (χ4v) is 1.96. The number of anilines is 1. The second kappa shape index (κ2) is 4.83. The van der Waals surface area contributed by atoms with E-state index in [-0.39, 0.29) is 0 Å². The number of ether oxygens (including phenoxy) is 1. The van der Waals surface area contributed by atoms with Gasteiger partial charge >= 0.3 is 0 Å². The molecule has 0 aliphatic carbocycles. The summed E-state index contributed by atoms with van der Waals surface area (Å²) in [6.07, 6.45) is 0. The summed E-state index contributed by atoms with van der Waals surface area (Å²) >= 11 is 0. The van der Waals surface area contributed by atoms with E-state index in [2.05, 4.69) is 42.8 Å². The number of aryl methyl sites for hydroxylation is 1. The van der Waals surface area contributed by atoms with Crippen LogP contribution in [-0.4, -0.2) is 31.3 Å². The number of hydrogen-bond acceptors (Lipinski definition) is 3. The lowest BCUT2D eigenvalue weighted by molar-refractivity contribution is 0.122. The molecule has 0 bridgehead atoms. The van der Waals surface area contributed by atoms with E-state index in [0.717, 1.165) is 37.8 Å². The third kappa shape index (κ3) is 2.53. The van der Waals surface area contributed by atoms with Crippen molar-refractivity contribution < 1.29 is 4.74 Å². The number of nitrogens with zero attached hydrogens (tertiary/aromatic N) is 2. The van der Waals surface area contributed by atoms with Crippen LogP contribution in [0.1, 0.15) is 31.0 Å². The Kier molecular flexibility index (Phi) is 3.44. The van der Waals surface area contributed by atoms with E-state index >= 15 is 0 Å². The zero-order valence-corrected chi connectivity index (χ0v) is 10.4. The van der Waals surface area contributed by atoms with Gasteiger partial charge in [-0.05, 0) is 30.5 Å². The predicted octanol–water partition coefficient (Wildman–Crippen LogP) is 2.35. The minimum Gasteiger partial charge on any atom is -0.378 e. The van der Waals surface area contributed by atoms with Crippen molar-refractivity contribution in [3.8, 4) is 0 Å². The summed E-state index contributed by atoms with van der Waals surface area (Å²) in [5, 5.41) is 0. The first-order valence-electron chi connectivity index (χ1n) is 5.98. The first-order chi connectivity index (χ1) is 7.66. The summed E-state index contributed by atoms with van der Waals surface area (Å²) in [6, 6.07) is 4.39. The highest BCUT2D eigenvalue weighted by Crippen LogP contribution is 2.21. The van der Waals surface area contributed by atoms with E-state index in [1.54, 1.807) is 0 Å². The number of hydrogen-bond donors (Lipinski definition) is 0. The predicted molar refractivity (Wildman–Crippen MR) is 66.1 cm³/mol. The zero-order chi connectivity index (χ0) is 11.5. The molecule has 1 aliphatic rings. The van der Waals surface area contributed by atoms with Gasteiger partial charge in [-0.3, -0.25) is 0 Å². The Morgan fingerprint density at radius 1 is 1.25 bits per heavy atom. The molecule has 0 spiro atoms. The van der Waals surface area contributed by atoms with Crippen LogP contribution in [0, 0.1) is 6.92 Å². The fraction of sp³-hybridized carbons (Fsp3) is 0.615. The molecule has 0 radical (unpaired) electrons. The first-order valence-corrected chi connectivity index (χ1v) is 5.98. The van der Waals surface area contributed by atoms with Crippen LogP contribution in [0.25, 0.3) is 0 Å². The van der Waals surface area contributed by atoms with E-state index in [1.165, 1.54) is 5.56 Å². The van der Waals surface area contributed by atoms with Crippen molar-refractivity contribution in [1.29, 1.82) is 0 Å². The molecule has 3 nitrogen and oxygen atoms in total. The van der Waals surface area contributed by atoms with Gasteiger partial charge in [0.25, 0.3) is 0 Å². The molecule has 88 valence electrons. The highest BCUT2D eigenvalue weighted by Gasteiger charge is 2.14. The van der Waals surface area contributed by atoms with Gasteiger partial charge in [0.1, 0.15) is 5.82 Å². The van der Waals surface area contributed by atoms with E-state index in [4.69, 9.17) is 4.74 Å². The van der Waals surface area contributed by atoms with Crippen molar-refractivity contribution in [1.82, 2.24) is 4.98 Å². The van der Waals surface area contributed by atoms with Crippen molar-refractivity contribution in [3.05, 3.63) is 23.4 Å². The molecule has 0 unspecified atom stereocenters. The van der Waals surface area contributed by atoms with Gasteiger partial charge in [0, 0.05) is 18.8 Å². The minimum atomic E-state index is 0.557. The maximum atomic E-state index is 5.36. The van der Waals surface area contributed by atoms with Gasteiger partial charge in [0.2, 0.25) is 0 Å². The standard InChI is InChI=1S/C13H20N2O/c1-10(2)12-8-11(3)14-13(9-12)15-4-6-16-7-5-15/h8-10H,4-7H2,1-3H3. The van der Waals surface area contributed by atoms with E-state index in [9.17, 15) is 0 Å². The Bertz CT molecular complexity index is 357. The molecule has 1 aliphatic heterocycles. The molecule has 1 saturated heterocycles. The number of aromatic nitrogens is 1. The maximum Gasteiger partial charge on any atom is 0.129 e. The second-order valence-corrected chi connectivity index (χ2v) is 4.65. The SMILES string of the molecule is Cc1cc(C(C)C)cc(N2CCOCC2)n1. The van der Waals surface area contributed by atoms with Crippen LogP contribution in [0.5, 0.6) is 0 Å². The van der Waals surface area contributed by atoms with Crippen molar-refractivity contribution in [2.45, 2.75) is 26.7 Å². The zero-order valence-electron chi connectivity index (χ0n) is 10.4. The third-order valence-electron chi connectivity index (χ3n) is 2.96. The first kappa shape index (κ1) is 11.4. The van der Waals surface area contributed by atoms with Gasteiger partial charge in [-0.15, -0.1) is 0 Å². The van der Waals surface area contributed by atoms with Crippen molar-refractivity contribution >= 4 is 5.82 Å². The van der Waals surface area contributed by atoms with E-state index < -0.39 is 0 Å². The lowest BCUT2D eigenvalue weighted by atomic mass is 10.0. The fourth-order valence-electron chi connectivity index (χ4n) is 1.96. The maximum absolute atomic E-state index is 5.36. The van der Waals surface area contributed by atoms with Crippen LogP contribution in [0.3, 0.4) is 0 Å². The normalized spacial score (nSPS) is 16.9. The lowest BCUT2D eigenvalue weighted by Crippen LogP contribution is -2.36. The Hall–Kier alpha value is -1.09. The van der Waals surface area contributed by atoms with Gasteiger partial charge in [0.15, 0.2) is 0 Å². The van der Waals surface area contributed by atoms with Gasteiger partial charge in [-0.25, -0.2) is 4.98 Å². The van der Waals surface area contributed by atoms with Crippen molar-refractivity contribution in [3.63, 3.8) is 0 Å². The monoisotopic (exact) mass is 220 g/mol. The number of morpholine rings is 1. The smallest absolute Gasteiger partial charge is 0.129 e. The molecule has 2 rings (SSSR count). The van der Waals surface area contributed by atoms with Crippen molar-refractivity contribution in [2.75, 3.05) is 31.2 Å². The molecule has 0 amide bonds. The molecule has 3 heteroatoms. The largest absolute Gasteiger partial charge is 0.378 e. The van der Waals surface area contributed by atoms with Crippen LogP contribution < -0.4 is 4.90 Å². The third-order valence-corrected chi connectivity index (χ3v) is 2.96. The van der Waals surface area contributed by atoms with Crippen LogP contribution in [0.15, 0.2) is 12.1 Å². The van der Waals surface area contributed by atoms with Gasteiger partial charge in [-0.2, -0.15) is 0 Å². The average Bonchev–Trinajstić information content (AvgIpc) is 2.29. The minimum absolute atomic E-state index is 0.557. The lowest BCUT2D eigenvalue weighted by Gasteiger charge is -2.28. The van der Waals surface area contributed by atoms with E-state index in [0.29, 0.717) is 5.92 Å². The van der Waals surface area contributed by atoms with Crippen LogP contribution in [0.4, 0.5) is 5.82 Å². The highest BCUT2D eigenvalue weighted by atomic mass is 16.5. The topological polar surface area (TPSA) is 25.4 Å². The number of rotatable bonds is 2. The summed E-state index contributed by atoms with van der Waals surface area (Å²) in [5.41, 5.74) is 2.47. The molecular formula is C13H20N2O. The Labute approximate surface area is 97.4 Å². The Morgan fingerprint density at radius 2 is 1.94 bits per heavy atom. The molecule has 2 heterocycles.